The summed E-state index contributed by atoms with van der Waals surface area (Å²) in [4.78, 5) is 0. The van der Waals surface area contributed by atoms with Gasteiger partial charge in [-0.15, -0.1) is 0 Å². The maximum atomic E-state index is 8.93. The van der Waals surface area contributed by atoms with Crippen molar-refractivity contribution in [2.24, 2.45) is 0 Å². The molecule has 0 heterocycles. The standard InChI is InChI=1S/C10H25AsO10/c12-1-6-17-11(18-7-2-13,19-8-3-14,20-9-4-15)21-10-5-16/h12-16H,1-10H2. The van der Waals surface area contributed by atoms with Crippen LogP contribution in [0.4, 0.5) is 0 Å². The van der Waals surface area contributed by atoms with Crippen molar-refractivity contribution >= 4 is 14.2 Å². The topological polar surface area (TPSA) is 147 Å². The summed E-state index contributed by atoms with van der Waals surface area (Å²) in [6.45, 7) is -3.17. The fourth-order valence-electron chi connectivity index (χ4n) is 1.32. The summed E-state index contributed by atoms with van der Waals surface area (Å²) >= 11 is -5.38. The van der Waals surface area contributed by atoms with E-state index in [4.69, 9.17) is 44.2 Å². The zero-order valence-corrected chi connectivity index (χ0v) is 13.7. The summed E-state index contributed by atoms with van der Waals surface area (Å²) in [5.41, 5.74) is 0. The second kappa shape index (κ2) is 11.7. The van der Waals surface area contributed by atoms with Gasteiger partial charge in [-0.05, 0) is 0 Å². The molecule has 0 radical (unpaired) electrons. The molecule has 0 aromatic carbocycles. The van der Waals surface area contributed by atoms with Crippen molar-refractivity contribution in [1.29, 1.82) is 0 Å². The molecule has 0 bridgehead atoms. The first-order chi connectivity index (χ1) is 10.1. The van der Waals surface area contributed by atoms with Gasteiger partial charge >= 0.3 is 124 Å². The first-order valence-corrected chi connectivity index (χ1v) is 10.3. The molecule has 0 aromatic heterocycles. The molecular weight excluding hydrogens is 355 g/mol. The van der Waals surface area contributed by atoms with Crippen LogP contribution in [0, 0.1) is 0 Å². The van der Waals surface area contributed by atoms with Gasteiger partial charge < -0.3 is 0 Å². The Kier molecular flexibility index (Phi) is 11.8. The molecule has 21 heavy (non-hydrogen) atoms. The van der Waals surface area contributed by atoms with Gasteiger partial charge in [-0.2, -0.15) is 0 Å². The third-order valence-corrected chi connectivity index (χ3v) is 8.31. The zero-order chi connectivity index (χ0) is 16.1. The minimum absolute atomic E-state index is 0.251. The Hall–Kier alpha value is 0.158. The molecule has 0 rings (SSSR count). The van der Waals surface area contributed by atoms with Crippen molar-refractivity contribution in [3.8, 4) is 0 Å². The van der Waals surface area contributed by atoms with E-state index in [1.807, 2.05) is 0 Å². The second-order valence-corrected chi connectivity index (χ2v) is 9.37. The van der Waals surface area contributed by atoms with Crippen LogP contribution in [0.25, 0.3) is 0 Å². The molecule has 10 nitrogen and oxygen atoms in total. The summed E-state index contributed by atoms with van der Waals surface area (Å²) in [6.07, 6.45) is 0. The van der Waals surface area contributed by atoms with E-state index in [2.05, 4.69) is 0 Å². The van der Waals surface area contributed by atoms with Gasteiger partial charge in [0.2, 0.25) is 0 Å². The van der Waals surface area contributed by atoms with Gasteiger partial charge in [0.05, 0.1) is 0 Å². The summed E-state index contributed by atoms with van der Waals surface area (Å²) in [5, 5.41) is 44.6. The molecule has 0 aliphatic rings. The molecule has 0 saturated heterocycles. The molecule has 0 saturated carbocycles. The number of rotatable bonds is 15. The average Bonchev–Trinajstić information content (AvgIpc) is 2.53. The first kappa shape index (κ1) is 21.2. The molecule has 0 aliphatic carbocycles. The van der Waals surface area contributed by atoms with Gasteiger partial charge in [0.15, 0.2) is 0 Å². The predicted molar refractivity (Wildman–Crippen MR) is 70.9 cm³/mol. The van der Waals surface area contributed by atoms with Crippen LogP contribution < -0.4 is 0 Å². The van der Waals surface area contributed by atoms with Crippen LogP contribution in [0.5, 0.6) is 0 Å². The first-order valence-electron chi connectivity index (χ1n) is 6.44. The van der Waals surface area contributed by atoms with Gasteiger partial charge in [0, 0.05) is 0 Å². The Morgan fingerprint density at radius 2 is 0.619 bits per heavy atom. The Morgan fingerprint density at radius 3 is 0.762 bits per heavy atom. The second-order valence-electron chi connectivity index (χ2n) is 3.53. The molecule has 0 aromatic rings. The molecule has 0 unspecified atom stereocenters. The normalized spacial score (nSPS) is 14.0. The Balaban J connectivity index is 5.33. The van der Waals surface area contributed by atoms with Crippen LogP contribution in [0.3, 0.4) is 0 Å². The van der Waals surface area contributed by atoms with Crippen molar-refractivity contribution in [2.75, 3.05) is 66.1 Å². The van der Waals surface area contributed by atoms with E-state index < -0.39 is 14.2 Å². The van der Waals surface area contributed by atoms with E-state index in [0.29, 0.717) is 0 Å². The molecule has 0 atom stereocenters. The quantitative estimate of drug-likeness (QED) is 0.185. The van der Waals surface area contributed by atoms with Crippen molar-refractivity contribution in [3.63, 3.8) is 0 Å². The number of hydrogen-bond acceptors (Lipinski definition) is 10. The van der Waals surface area contributed by atoms with E-state index >= 15 is 0 Å². The fraction of sp³-hybridized carbons (Fsp3) is 1.00. The van der Waals surface area contributed by atoms with Gasteiger partial charge in [-0.25, -0.2) is 0 Å². The molecule has 0 fully saturated rings. The number of hydrogen-bond donors (Lipinski definition) is 5. The predicted octanol–water partition coefficient (Wildman–Crippen LogP) is -3.08. The molecule has 130 valence electrons. The van der Waals surface area contributed by atoms with E-state index in [1.165, 1.54) is 0 Å². The van der Waals surface area contributed by atoms with Crippen LogP contribution >= 0.6 is 0 Å². The van der Waals surface area contributed by atoms with Crippen molar-refractivity contribution in [2.45, 2.75) is 0 Å². The van der Waals surface area contributed by atoms with Gasteiger partial charge in [-0.1, -0.05) is 0 Å². The Morgan fingerprint density at radius 1 is 0.429 bits per heavy atom. The van der Waals surface area contributed by atoms with E-state index in [9.17, 15) is 0 Å². The molecular formula is C10H25AsO10. The van der Waals surface area contributed by atoms with Gasteiger partial charge in [-0.3, -0.25) is 0 Å². The Labute approximate surface area is 125 Å². The van der Waals surface area contributed by atoms with Crippen LogP contribution in [-0.4, -0.2) is 106 Å². The van der Waals surface area contributed by atoms with Crippen LogP contribution in [0.1, 0.15) is 0 Å². The van der Waals surface area contributed by atoms with Gasteiger partial charge in [0.25, 0.3) is 0 Å². The van der Waals surface area contributed by atoms with Crippen LogP contribution in [0.15, 0.2) is 0 Å². The molecule has 11 heteroatoms. The van der Waals surface area contributed by atoms with Crippen LogP contribution in [0.2, 0.25) is 0 Å². The molecule has 0 amide bonds. The number of aliphatic hydroxyl groups excluding tert-OH is 5. The van der Waals surface area contributed by atoms with E-state index in [-0.39, 0.29) is 66.1 Å². The summed E-state index contributed by atoms with van der Waals surface area (Å²) < 4.78 is 26.9. The summed E-state index contributed by atoms with van der Waals surface area (Å²) in [7, 11) is 0. The molecule has 5 N–H and O–H groups in total. The zero-order valence-electron chi connectivity index (χ0n) is 11.8. The molecule has 0 aliphatic heterocycles. The van der Waals surface area contributed by atoms with Crippen molar-refractivity contribution < 1.29 is 44.2 Å². The average molecular weight is 380 g/mol. The third-order valence-electron chi connectivity index (χ3n) is 1.97. The van der Waals surface area contributed by atoms with E-state index in [1.54, 1.807) is 0 Å². The van der Waals surface area contributed by atoms with Crippen molar-refractivity contribution in [1.82, 2.24) is 0 Å². The maximum absolute atomic E-state index is 8.93. The SMILES string of the molecule is OCCO[As](OCCO)(OCCO)(OCCO)OCCO. The van der Waals surface area contributed by atoms with Gasteiger partial charge in [0.1, 0.15) is 0 Å². The summed E-state index contributed by atoms with van der Waals surface area (Å²) in [5.74, 6) is 0. The minimum atomic E-state index is -5.38. The van der Waals surface area contributed by atoms with Crippen LogP contribution in [-0.2, 0) is 18.6 Å². The van der Waals surface area contributed by atoms with Crippen molar-refractivity contribution in [3.05, 3.63) is 0 Å². The summed E-state index contributed by atoms with van der Waals surface area (Å²) in [6, 6.07) is 0. The Bertz CT molecular complexity index is 190. The third kappa shape index (κ3) is 7.31. The van der Waals surface area contributed by atoms with E-state index in [0.717, 1.165) is 0 Å². The monoisotopic (exact) mass is 380 g/mol. The molecule has 0 spiro atoms. The fourth-order valence-corrected chi connectivity index (χ4v) is 6.87. The number of aliphatic hydroxyl groups is 5.